The highest BCUT2D eigenvalue weighted by Gasteiger charge is 2.27. The Bertz CT molecular complexity index is 540. The Hall–Kier alpha value is -1.30. The second-order valence-corrected chi connectivity index (χ2v) is 5.83. The van der Waals surface area contributed by atoms with Crippen LogP contribution in [0.1, 0.15) is 31.4 Å². The Morgan fingerprint density at radius 2 is 2.22 bits per heavy atom. The average molecular weight is 360 g/mol. The van der Waals surface area contributed by atoms with Crippen molar-refractivity contribution in [2.45, 2.75) is 25.8 Å². The molecule has 1 heterocycles. The summed E-state index contributed by atoms with van der Waals surface area (Å²) >= 11 is 6.05. The second-order valence-electron chi connectivity index (χ2n) is 5.39. The fraction of sp³-hybridized carbons (Fsp3) is 0.500. The molecule has 1 saturated heterocycles. The second kappa shape index (κ2) is 9.75. The van der Waals surface area contributed by atoms with E-state index < -0.39 is 0 Å². The summed E-state index contributed by atoms with van der Waals surface area (Å²) in [5.41, 5.74) is 1.01. The van der Waals surface area contributed by atoms with Crippen LogP contribution < -0.4 is 10.6 Å². The SMILES string of the molecule is CCCC(=O)NCC(=O)N1CCNCC1c1cccc(Cl)c1.Cl. The number of carbonyl (C=O) groups is 2. The van der Waals surface area contributed by atoms with Gasteiger partial charge in [0.15, 0.2) is 0 Å². The van der Waals surface area contributed by atoms with Crippen molar-refractivity contribution >= 4 is 35.8 Å². The van der Waals surface area contributed by atoms with Crippen LogP contribution >= 0.6 is 24.0 Å². The molecule has 1 fully saturated rings. The number of rotatable bonds is 5. The van der Waals surface area contributed by atoms with Gasteiger partial charge in [0, 0.05) is 31.1 Å². The van der Waals surface area contributed by atoms with Crippen LogP contribution in [0, 0.1) is 0 Å². The summed E-state index contributed by atoms with van der Waals surface area (Å²) < 4.78 is 0. The van der Waals surface area contributed by atoms with E-state index in [1.54, 1.807) is 0 Å². The van der Waals surface area contributed by atoms with E-state index in [0.29, 0.717) is 24.5 Å². The predicted molar refractivity (Wildman–Crippen MR) is 93.9 cm³/mol. The van der Waals surface area contributed by atoms with E-state index in [1.165, 1.54) is 0 Å². The number of piperazine rings is 1. The molecule has 1 aliphatic heterocycles. The van der Waals surface area contributed by atoms with Crippen LogP contribution in [-0.2, 0) is 9.59 Å². The summed E-state index contributed by atoms with van der Waals surface area (Å²) in [4.78, 5) is 25.8. The summed E-state index contributed by atoms with van der Waals surface area (Å²) in [6.45, 7) is 4.06. The van der Waals surface area contributed by atoms with Crippen LogP contribution in [0.4, 0.5) is 0 Å². The van der Waals surface area contributed by atoms with Gasteiger partial charge in [-0.05, 0) is 24.1 Å². The third-order valence-electron chi connectivity index (χ3n) is 3.71. The lowest BCUT2D eigenvalue weighted by Crippen LogP contribution is -2.51. The normalized spacial score (nSPS) is 17.3. The molecule has 0 radical (unpaired) electrons. The zero-order valence-corrected chi connectivity index (χ0v) is 14.8. The van der Waals surface area contributed by atoms with Gasteiger partial charge in [-0.15, -0.1) is 12.4 Å². The van der Waals surface area contributed by atoms with E-state index in [1.807, 2.05) is 36.1 Å². The number of hydrogen-bond donors (Lipinski definition) is 2. The van der Waals surface area contributed by atoms with E-state index in [2.05, 4.69) is 10.6 Å². The molecule has 7 heteroatoms. The summed E-state index contributed by atoms with van der Waals surface area (Å²) in [6.07, 6.45) is 1.23. The molecule has 2 N–H and O–H groups in total. The van der Waals surface area contributed by atoms with Gasteiger partial charge in [0.05, 0.1) is 12.6 Å². The third-order valence-corrected chi connectivity index (χ3v) is 3.95. The van der Waals surface area contributed by atoms with Crippen molar-refractivity contribution in [1.82, 2.24) is 15.5 Å². The molecule has 1 atom stereocenters. The molecule has 1 unspecified atom stereocenters. The Kier molecular flexibility index (Phi) is 8.37. The van der Waals surface area contributed by atoms with Gasteiger partial charge < -0.3 is 15.5 Å². The maximum absolute atomic E-state index is 12.4. The molecule has 2 rings (SSSR count). The monoisotopic (exact) mass is 359 g/mol. The average Bonchev–Trinajstić information content (AvgIpc) is 2.53. The van der Waals surface area contributed by atoms with Crippen LogP contribution in [0.15, 0.2) is 24.3 Å². The number of halogens is 2. The van der Waals surface area contributed by atoms with Crippen LogP contribution in [0.25, 0.3) is 0 Å². The molecule has 0 spiro atoms. The number of benzene rings is 1. The van der Waals surface area contributed by atoms with E-state index in [9.17, 15) is 9.59 Å². The molecular formula is C16H23Cl2N3O2. The molecule has 1 aromatic rings. The molecule has 1 aromatic carbocycles. The lowest BCUT2D eigenvalue weighted by Gasteiger charge is -2.36. The van der Waals surface area contributed by atoms with Crippen LogP contribution in [0.3, 0.4) is 0 Å². The van der Waals surface area contributed by atoms with Crippen molar-refractivity contribution in [2.75, 3.05) is 26.2 Å². The fourth-order valence-corrected chi connectivity index (χ4v) is 2.80. The van der Waals surface area contributed by atoms with E-state index in [0.717, 1.165) is 18.5 Å². The first-order valence-electron chi connectivity index (χ1n) is 7.64. The summed E-state index contributed by atoms with van der Waals surface area (Å²) in [7, 11) is 0. The maximum atomic E-state index is 12.4. The van der Waals surface area contributed by atoms with Crippen molar-refractivity contribution in [3.63, 3.8) is 0 Å². The number of nitrogens with one attached hydrogen (secondary N) is 2. The number of carbonyl (C=O) groups excluding carboxylic acids is 2. The van der Waals surface area contributed by atoms with Gasteiger partial charge in [0.1, 0.15) is 0 Å². The van der Waals surface area contributed by atoms with E-state index >= 15 is 0 Å². The van der Waals surface area contributed by atoms with Gasteiger partial charge in [-0.1, -0.05) is 30.7 Å². The van der Waals surface area contributed by atoms with Gasteiger partial charge >= 0.3 is 0 Å². The number of amides is 2. The van der Waals surface area contributed by atoms with Crippen LogP contribution in [0.5, 0.6) is 0 Å². The topological polar surface area (TPSA) is 61.4 Å². The lowest BCUT2D eigenvalue weighted by molar-refractivity contribution is -0.135. The summed E-state index contributed by atoms with van der Waals surface area (Å²) in [5.74, 6) is -0.138. The standard InChI is InChI=1S/C16H22ClN3O2.ClH/c1-2-4-15(21)19-11-16(22)20-8-7-18-10-14(20)12-5-3-6-13(17)9-12;/h3,5-6,9,14,18H,2,4,7-8,10-11H2,1H3,(H,19,21);1H. The molecule has 0 saturated carbocycles. The molecule has 0 aromatic heterocycles. The Morgan fingerprint density at radius 1 is 1.43 bits per heavy atom. The largest absolute Gasteiger partial charge is 0.347 e. The summed E-state index contributed by atoms with van der Waals surface area (Å²) in [6, 6.07) is 7.51. The first kappa shape index (κ1) is 19.7. The fourth-order valence-electron chi connectivity index (χ4n) is 2.61. The van der Waals surface area contributed by atoms with Crippen molar-refractivity contribution in [1.29, 1.82) is 0 Å². The van der Waals surface area contributed by atoms with Crippen molar-refractivity contribution < 1.29 is 9.59 Å². The van der Waals surface area contributed by atoms with Crippen molar-refractivity contribution in [2.24, 2.45) is 0 Å². The highest BCUT2D eigenvalue weighted by atomic mass is 35.5. The Labute approximate surface area is 148 Å². The van der Waals surface area contributed by atoms with Gasteiger partial charge in [-0.2, -0.15) is 0 Å². The highest BCUT2D eigenvalue weighted by Crippen LogP contribution is 2.24. The molecule has 0 bridgehead atoms. The predicted octanol–water partition coefficient (Wildman–Crippen LogP) is 2.15. The van der Waals surface area contributed by atoms with Crippen molar-refractivity contribution in [3.8, 4) is 0 Å². The smallest absolute Gasteiger partial charge is 0.242 e. The Morgan fingerprint density at radius 3 is 2.91 bits per heavy atom. The van der Waals surface area contributed by atoms with Gasteiger partial charge in [0.2, 0.25) is 11.8 Å². The molecular weight excluding hydrogens is 337 g/mol. The minimum absolute atomic E-state index is 0. The molecule has 0 aliphatic carbocycles. The van der Waals surface area contributed by atoms with Crippen LogP contribution in [0.2, 0.25) is 5.02 Å². The zero-order valence-electron chi connectivity index (χ0n) is 13.2. The minimum atomic E-state index is -0.0784. The maximum Gasteiger partial charge on any atom is 0.242 e. The molecule has 5 nitrogen and oxygen atoms in total. The first-order valence-corrected chi connectivity index (χ1v) is 8.02. The zero-order chi connectivity index (χ0) is 15.9. The molecule has 23 heavy (non-hydrogen) atoms. The van der Waals surface area contributed by atoms with Gasteiger partial charge in [0.25, 0.3) is 0 Å². The summed E-state index contributed by atoms with van der Waals surface area (Å²) in [5, 5.41) is 6.64. The number of hydrogen-bond acceptors (Lipinski definition) is 3. The first-order chi connectivity index (χ1) is 10.6. The van der Waals surface area contributed by atoms with Crippen LogP contribution in [-0.4, -0.2) is 42.9 Å². The lowest BCUT2D eigenvalue weighted by atomic mass is 10.0. The molecule has 1 aliphatic rings. The minimum Gasteiger partial charge on any atom is -0.347 e. The van der Waals surface area contributed by atoms with E-state index in [4.69, 9.17) is 11.6 Å². The highest BCUT2D eigenvalue weighted by molar-refractivity contribution is 6.30. The van der Waals surface area contributed by atoms with Gasteiger partial charge in [-0.3, -0.25) is 9.59 Å². The van der Waals surface area contributed by atoms with Gasteiger partial charge in [-0.25, -0.2) is 0 Å². The van der Waals surface area contributed by atoms with Crippen molar-refractivity contribution in [3.05, 3.63) is 34.9 Å². The quantitative estimate of drug-likeness (QED) is 0.846. The number of nitrogens with zero attached hydrogens (tertiary/aromatic N) is 1. The van der Waals surface area contributed by atoms with E-state index in [-0.39, 0.29) is 36.8 Å². The Balaban J connectivity index is 0.00000264. The third kappa shape index (κ3) is 5.68. The molecule has 2 amide bonds. The molecule has 128 valence electrons.